The summed E-state index contributed by atoms with van der Waals surface area (Å²) in [5.41, 5.74) is 0.457. The van der Waals surface area contributed by atoms with Crippen LogP contribution in [-0.2, 0) is 4.79 Å². The third-order valence-electron chi connectivity index (χ3n) is 4.03. The molecule has 1 saturated heterocycles. The molecule has 1 N–H and O–H groups in total. The molecule has 0 radical (unpaired) electrons. The fourth-order valence-corrected chi connectivity index (χ4v) is 2.82. The topological polar surface area (TPSA) is 78.4 Å². The molecular formula is C17H18ClN5O2. The Morgan fingerprint density at radius 2 is 1.84 bits per heavy atom. The van der Waals surface area contributed by atoms with Crippen molar-refractivity contribution in [2.24, 2.45) is 0 Å². The van der Waals surface area contributed by atoms with E-state index in [0.717, 1.165) is 5.82 Å². The molecule has 0 spiro atoms. The monoisotopic (exact) mass is 359 g/mol. The Bertz CT molecular complexity index is 773. The van der Waals surface area contributed by atoms with Gasteiger partial charge in [-0.15, -0.1) is 10.2 Å². The maximum absolute atomic E-state index is 12.2. The summed E-state index contributed by atoms with van der Waals surface area (Å²) in [6, 6.07) is 10.2. The van der Waals surface area contributed by atoms with E-state index >= 15 is 0 Å². The molecule has 25 heavy (non-hydrogen) atoms. The molecule has 2 aromatic rings. The van der Waals surface area contributed by atoms with Gasteiger partial charge in [-0.2, -0.15) is 0 Å². The highest BCUT2D eigenvalue weighted by atomic mass is 35.5. The van der Waals surface area contributed by atoms with E-state index in [0.29, 0.717) is 42.6 Å². The van der Waals surface area contributed by atoms with Gasteiger partial charge in [0.25, 0.3) is 5.91 Å². The normalized spacial score (nSPS) is 14.3. The van der Waals surface area contributed by atoms with E-state index in [1.165, 1.54) is 0 Å². The Balaban J connectivity index is 1.61. The third kappa shape index (κ3) is 4.24. The zero-order valence-corrected chi connectivity index (χ0v) is 14.5. The van der Waals surface area contributed by atoms with Crippen molar-refractivity contribution in [3.05, 3.63) is 47.0 Å². The number of benzene rings is 1. The number of nitrogens with one attached hydrogen (secondary N) is 1. The van der Waals surface area contributed by atoms with E-state index in [4.69, 9.17) is 11.6 Å². The number of rotatable bonds is 3. The zero-order valence-electron chi connectivity index (χ0n) is 13.8. The van der Waals surface area contributed by atoms with Crippen LogP contribution in [0.2, 0.25) is 5.02 Å². The first-order valence-electron chi connectivity index (χ1n) is 7.94. The first kappa shape index (κ1) is 17.2. The molecular weight excluding hydrogens is 342 g/mol. The van der Waals surface area contributed by atoms with Crippen LogP contribution in [0.15, 0.2) is 36.4 Å². The summed E-state index contributed by atoms with van der Waals surface area (Å²) >= 11 is 5.89. The van der Waals surface area contributed by atoms with Gasteiger partial charge in [0.1, 0.15) is 0 Å². The molecule has 2 amide bonds. The van der Waals surface area contributed by atoms with Gasteiger partial charge in [-0.1, -0.05) is 17.7 Å². The minimum Gasteiger partial charge on any atom is -0.352 e. The molecule has 0 saturated carbocycles. The number of anilines is 2. The molecule has 0 aliphatic carbocycles. The summed E-state index contributed by atoms with van der Waals surface area (Å²) in [7, 11) is 0. The number of carbonyl (C=O) groups is 2. The largest absolute Gasteiger partial charge is 0.352 e. The number of halogens is 1. The molecule has 2 heterocycles. The number of hydrogen-bond acceptors (Lipinski definition) is 5. The molecule has 1 aromatic heterocycles. The fourth-order valence-electron chi connectivity index (χ4n) is 2.63. The molecule has 0 unspecified atom stereocenters. The van der Waals surface area contributed by atoms with Crippen molar-refractivity contribution in [2.75, 3.05) is 36.4 Å². The van der Waals surface area contributed by atoms with Gasteiger partial charge in [0.15, 0.2) is 11.6 Å². The second kappa shape index (κ2) is 7.48. The number of amides is 2. The summed E-state index contributed by atoms with van der Waals surface area (Å²) < 4.78 is 0. The van der Waals surface area contributed by atoms with Crippen LogP contribution < -0.4 is 10.2 Å². The van der Waals surface area contributed by atoms with Crippen LogP contribution in [0.5, 0.6) is 0 Å². The van der Waals surface area contributed by atoms with Crippen molar-refractivity contribution in [3.8, 4) is 0 Å². The standard InChI is InChI=1S/C17H18ClN5O2/c1-12(24)22-7-9-23(10-8-22)16-6-5-15(20-21-16)19-17(25)13-3-2-4-14(18)11-13/h2-6,11H,7-10H2,1H3,(H,19,20,25). The van der Waals surface area contributed by atoms with E-state index in [9.17, 15) is 9.59 Å². The zero-order chi connectivity index (χ0) is 17.8. The minimum absolute atomic E-state index is 0.0878. The number of carbonyl (C=O) groups excluding carboxylic acids is 2. The molecule has 1 aromatic carbocycles. The van der Waals surface area contributed by atoms with Crippen LogP contribution in [-0.4, -0.2) is 53.1 Å². The SMILES string of the molecule is CC(=O)N1CCN(c2ccc(NC(=O)c3cccc(Cl)c3)nn2)CC1. The van der Waals surface area contributed by atoms with Gasteiger partial charge in [-0.25, -0.2) is 0 Å². The van der Waals surface area contributed by atoms with Crippen LogP contribution >= 0.6 is 11.6 Å². The van der Waals surface area contributed by atoms with Crippen molar-refractivity contribution in [2.45, 2.75) is 6.92 Å². The number of nitrogens with zero attached hydrogens (tertiary/aromatic N) is 4. The predicted octanol–water partition coefficient (Wildman–Crippen LogP) is 2.05. The van der Waals surface area contributed by atoms with Crippen LogP contribution in [0.25, 0.3) is 0 Å². The second-order valence-corrected chi connectivity index (χ2v) is 6.17. The Hall–Kier alpha value is -2.67. The molecule has 1 aliphatic rings. The molecule has 130 valence electrons. The fraction of sp³-hybridized carbons (Fsp3) is 0.294. The van der Waals surface area contributed by atoms with Crippen molar-refractivity contribution in [1.29, 1.82) is 0 Å². The minimum atomic E-state index is -0.292. The molecule has 1 fully saturated rings. The van der Waals surface area contributed by atoms with Gasteiger partial charge in [0.2, 0.25) is 5.91 Å². The molecule has 3 rings (SSSR count). The Morgan fingerprint density at radius 1 is 1.08 bits per heavy atom. The molecule has 0 atom stereocenters. The summed E-state index contributed by atoms with van der Waals surface area (Å²) in [5.74, 6) is 0.893. The average Bonchev–Trinajstić information content (AvgIpc) is 2.62. The summed E-state index contributed by atoms with van der Waals surface area (Å²) in [4.78, 5) is 27.4. The lowest BCUT2D eigenvalue weighted by atomic mass is 10.2. The first-order valence-corrected chi connectivity index (χ1v) is 8.32. The lowest BCUT2D eigenvalue weighted by Crippen LogP contribution is -2.48. The molecule has 8 heteroatoms. The van der Waals surface area contributed by atoms with Crippen molar-refractivity contribution in [1.82, 2.24) is 15.1 Å². The van der Waals surface area contributed by atoms with Crippen molar-refractivity contribution < 1.29 is 9.59 Å². The lowest BCUT2D eigenvalue weighted by Gasteiger charge is -2.34. The van der Waals surface area contributed by atoms with E-state index in [1.807, 2.05) is 11.0 Å². The van der Waals surface area contributed by atoms with Crippen molar-refractivity contribution in [3.63, 3.8) is 0 Å². The van der Waals surface area contributed by atoms with Gasteiger partial charge in [-0.05, 0) is 30.3 Å². The van der Waals surface area contributed by atoms with Gasteiger partial charge in [0, 0.05) is 43.7 Å². The summed E-state index contributed by atoms with van der Waals surface area (Å²) in [6.45, 7) is 4.34. The highest BCUT2D eigenvalue weighted by molar-refractivity contribution is 6.31. The summed E-state index contributed by atoms with van der Waals surface area (Å²) in [5, 5.41) is 11.4. The Kier molecular flexibility index (Phi) is 5.14. The number of aromatic nitrogens is 2. The van der Waals surface area contributed by atoms with Gasteiger partial charge in [0.05, 0.1) is 0 Å². The van der Waals surface area contributed by atoms with E-state index in [1.54, 1.807) is 37.3 Å². The van der Waals surface area contributed by atoms with Crippen LogP contribution in [0, 0.1) is 0 Å². The van der Waals surface area contributed by atoms with Crippen molar-refractivity contribution >= 4 is 35.1 Å². The quantitative estimate of drug-likeness (QED) is 0.907. The van der Waals surface area contributed by atoms with Crippen LogP contribution in [0.1, 0.15) is 17.3 Å². The maximum Gasteiger partial charge on any atom is 0.256 e. The van der Waals surface area contributed by atoms with Crippen LogP contribution in [0.3, 0.4) is 0 Å². The van der Waals surface area contributed by atoms with E-state index < -0.39 is 0 Å². The van der Waals surface area contributed by atoms with E-state index in [2.05, 4.69) is 20.4 Å². The molecule has 0 bridgehead atoms. The molecule has 7 nitrogen and oxygen atoms in total. The second-order valence-electron chi connectivity index (χ2n) is 5.73. The number of hydrogen-bond donors (Lipinski definition) is 1. The van der Waals surface area contributed by atoms with Gasteiger partial charge >= 0.3 is 0 Å². The van der Waals surface area contributed by atoms with Gasteiger partial charge in [-0.3, -0.25) is 9.59 Å². The molecule has 1 aliphatic heterocycles. The first-order chi connectivity index (χ1) is 12.0. The predicted molar refractivity (Wildman–Crippen MR) is 95.9 cm³/mol. The third-order valence-corrected chi connectivity index (χ3v) is 4.26. The average molecular weight is 360 g/mol. The summed E-state index contributed by atoms with van der Waals surface area (Å²) in [6.07, 6.45) is 0. The van der Waals surface area contributed by atoms with Gasteiger partial charge < -0.3 is 15.1 Å². The smallest absolute Gasteiger partial charge is 0.256 e. The van der Waals surface area contributed by atoms with E-state index in [-0.39, 0.29) is 11.8 Å². The Morgan fingerprint density at radius 3 is 2.44 bits per heavy atom. The highest BCUT2D eigenvalue weighted by Crippen LogP contribution is 2.16. The maximum atomic E-state index is 12.2. The highest BCUT2D eigenvalue weighted by Gasteiger charge is 2.19. The Labute approximate surface area is 150 Å². The lowest BCUT2D eigenvalue weighted by molar-refractivity contribution is -0.129. The van der Waals surface area contributed by atoms with Crippen LogP contribution in [0.4, 0.5) is 11.6 Å². The number of piperazine rings is 1.